The quantitative estimate of drug-likeness (QED) is 0.269. The van der Waals surface area contributed by atoms with Crippen LogP contribution in [0.5, 0.6) is 0 Å². The number of likely N-dealkylation sites (tertiary alicyclic amines) is 1. The van der Waals surface area contributed by atoms with Crippen LogP contribution < -0.4 is 21.5 Å². The number of hydrogen-bond acceptors (Lipinski definition) is 7. The van der Waals surface area contributed by atoms with Crippen molar-refractivity contribution in [3.8, 4) is 0 Å². The number of carbonyl (C=O) groups excluding carboxylic acids is 4. The second-order valence-corrected chi connectivity index (χ2v) is 8.23. The topological polar surface area (TPSA) is 139 Å². The van der Waals surface area contributed by atoms with Crippen molar-refractivity contribution < 1.29 is 23.9 Å². The van der Waals surface area contributed by atoms with Gasteiger partial charge in [-0.25, -0.2) is 4.79 Å². The molecule has 1 unspecified atom stereocenters. The average molecular weight is 490 g/mol. The van der Waals surface area contributed by atoms with Crippen LogP contribution in [0.2, 0.25) is 0 Å². The Hall–Kier alpha value is -3.47. The number of hydrogen-bond donors (Lipinski definition) is 3. The SMILES string of the molecule is CCOC(=O)C=CCCC(NC(C)=O)C(=O)Nc1cccn(CC(=O)NCCN2CCCC2)c1=O. The molecular formula is C24H35N5O6. The molecule has 2 heterocycles. The van der Waals surface area contributed by atoms with Crippen molar-refractivity contribution in [1.82, 2.24) is 20.1 Å². The van der Waals surface area contributed by atoms with Gasteiger partial charge in [0.25, 0.3) is 5.56 Å². The van der Waals surface area contributed by atoms with Gasteiger partial charge in [-0.15, -0.1) is 0 Å². The molecule has 0 radical (unpaired) electrons. The van der Waals surface area contributed by atoms with E-state index >= 15 is 0 Å². The molecule has 1 aliphatic rings. The minimum absolute atomic E-state index is 0.000200. The average Bonchev–Trinajstić information content (AvgIpc) is 3.32. The summed E-state index contributed by atoms with van der Waals surface area (Å²) >= 11 is 0. The van der Waals surface area contributed by atoms with Crippen LogP contribution in [0.3, 0.4) is 0 Å². The smallest absolute Gasteiger partial charge is 0.330 e. The number of ether oxygens (including phenoxy) is 1. The number of aromatic nitrogens is 1. The summed E-state index contributed by atoms with van der Waals surface area (Å²) in [6.07, 6.45) is 7.18. The molecule has 0 spiro atoms. The van der Waals surface area contributed by atoms with E-state index in [0.717, 1.165) is 19.6 Å². The lowest BCUT2D eigenvalue weighted by atomic mass is 10.1. The first-order chi connectivity index (χ1) is 16.8. The number of pyridine rings is 1. The number of anilines is 1. The lowest BCUT2D eigenvalue weighted by Crippen LogP contribution is -2.44. The summed E-state index contributed by atoms with van der Waals surface area (Å²) < 4.78 is 6.01. The highest BCUT2D eigenvalue weighted by atomic mass is 16.5. The van der Waals surface area contributed by atoms with Crippen LogP contribution in [0.25, 0.3) is 0 Å². The maximum atomic E-state index is 12.8. The third-order valence-corrected chi connectivity index (χ3v) is 5.40. The molecule has 192 valence electrons. The molecule has 0 aliphatic carbocycles. The zero-order valence-electron chi connectivity index (χ0n) is 20.4. The fourth-order valence-corrected chi connectivity index (χ4v) is 3.69. The molecule has 1 fully saturated rings. The van der Waals surface area contributed by atoms with Crippen molar-refractivity contribution in [2.45, 2.75) is 52.1 Å². The van der Waals surface area contributed by atoms with E-state index in [2.05, 4.69) is 20.9 Å². The molecule has 3 N–H and O–H groups in total. The molecule has 1 aromatic heterocycles. The molecule has 35 heavy (non-hydrogen) atoms. The van der Waals surface area contributed by atoms with Crippen LogP contribution in [0.4, 0.5) is 5.69 Å². The standard InChI is InChI=1S/C24H35N5O6/c1-3-35-22(32)11-5-4-9-19(26-18(2)30)23(33)27-20-10-8-15-29(24(20)34)17-21(31)25-12-16-28-13-6-7-14-28/h5,8,10-11,15,19H,3-4,6-7,9,12-14,16-17H2,1-2H3,(H,25,31)(H,26,30)(H,27,33). The molecule has 3 amide bonds. The van der Waals surface area contributed by atoms with Crippen LogP contribution in [-0.4, -0.2) is 72.0 Å². The summed E-state index contributed by atoms with van der Waals surface area (Å²) in [7, 11) is 0. The van der Waals surface area contributed by atoms with Gasteiger partial charge < -0.3 is 30.2 Å². The van der Waals surface area contributed by atoms with Gasteiger partial charge in [0.15, 0.2) is 0 Å². The number of nitrogens with one attached hydrogen (secondary N) is 3. The summed E-state index contributed by atoms with van der Waals surface area (Å²) in [5, 5.41) is 7.90. The summed E-state index contributed by atoms with van der Waals surface area (Å²) in [6, 6.07) is 2.08. The highest BCUT2D eigenvalue weighted by Gasteiger charge is 2.20. The molecule has 1 saturated heterocycles. The van der Waals surface area contributed by atoms with Crippen molar-refractivity contribution in [3.63, 3.8) is 0 Å². The Labute approximate surface area is 204 Å². The van der Waals surface area contributed by atoms with Crippen molar-refractivity contribution in [2.24, 2.45) is 0 Å². The van der Waals surface area contributed by atoms with E-state index in [4.69, 9.17) is 4.74 Å². The number of esters is 1. The van der Waals surface area contributed by atoms with Gasteiger partial charge in [-0.1, -0.05) is 6.08 Å². The molecule has 2 rings (SSSR count). The summed E-state index contributed by atoms with van der Waals surface area (Å²) in [6.45, 7) is 6.43. The van der Waals surface area contributed by atoms with Crippen molar-refractivity contribution in [1.29, 1.82) is 0 Å². The lowest BCUT2D eigenvalue weighted by Gasteiger charge is -2.17. The highest BCUT2D eigenvalue weighted by Crippen LogP contribution is 2.06. The van der Waals surface area contributed by atoms with E-state index in [1.165, 1.54) is 42.7 Å². The van der Waals surface area contributed by atoms with Crippen LogP contribution in [0.15, 0.2) is 35.3 Å². The monoisotopic (exact) mass is 489 g/mol. The van der Waals surface area contributed by atoms with Gasteiger partial charge in [0.05, 0.1) is 6.61 Å². The normalized spacial score (nSPS) is 14.5. The summed E-state index contributed by atoms with van der Waals surface area (Å²) in [4.78, 5) is 63.0. The largest absolute Gasteiger partial charge is 0.463 e. The number of allylic oxidation sites excluding steroid dienone is 1. The van der Waals surface area contributed by atoms with E-state index in [1.54, 1.807) is 19.1 Å². The fourth-order valence-electron chi connectivity index (χ4n) is 3.69. The minimum atomic E-state index is -0.915. The van der Waals surface area contributed by atoms with Gasteiger partial charge in [0.1, 0.15) is 18.3 Å². The van der Waals surface area contributed by atoms with Gasteiger partial charge in [0.2, 0.25) is 17.7 Å². The first kappa shape index (κ1) is 27.8. The van der Waals surface area contributed by atoms with E-state index in [-0.39, 0.29) is 31.2 Å². The van der Waals surface area contributed by atoms with E-state index in [9.17, 15) is 24.0 Å². The first-order valence-electron chi connectivity index (χ1n) is 11.9. The molecule has 0 aromatic carbocycles. The second kappa shape index (κ2) is 14.7. The molecule has 0 saturated carbocycles. The zero-order valence-corrected chi connectivity index (χ0v) is 20.4. The molecule has 1 atom stereocenters. The Bertz CT molecular complexity index is 967. The Balaban J connectivity index is 1.93. The van der Waals surface area contributed by atoms with Crippen LogP contribution >= 0.6 is 0 Å². The molecule has 1 aromatic rings. The van der Waals surface area contributed by atoms with Gasteiger partial charge >= 0.3 is 5.97 Å². The maximum Gasteiger partial charge on any atom is 0.330 e. The molecule has 11 heteroatoms. The highest BCUT2D eigenvalue weighted by molar-refractivity contribution is 5.96. The van der Waals surface area contributed by atoms with Crippen molar-refractivity contribution >= 4 is 29.4 Å². The Kier molecular flexibility index (Phi) is 11.7. The van der Waals surface area contributed by atoms with E-state index in [1.807, 2.05) is 0 Å². The third kappa shape index (κ3) is 10.1. The van der Waals surface area contributed by atoms with E-state index < -0.39 is 29.4 Å². The van der Waals surface area contributed by atoms with Crippen LogP contribution in [0.1, 0.15) is 39.5 Å². The number of nitrogens with zero attached hydrogens (tertiary/aromatic N) is 2. The van der Waals surface area contributed by atoms with Crippen molar-refractivity contribution in [3.05, 3.63) is 40.8 Å². The van der Waals surface area contributed by atoms with Crippen LogP contribution in [0, 0.1) is 0 Å². The molecule has 1 aliphatic heterocycles. The minimum Gasteiger partial charge on any atom is -0.463 e. The van der Waals surface area contributed by atoms with Crippen LogP contribution in [-0.2, 0) is 30.5 Å². The Morgan fingerprint density at radius 3 is 2.63 bits per heavy atom. The van der Waals surface area contributed by atoms with E-state index in [0.29, 0.717) is 13.0 Å². The predicted octanol–water partition coefficient (Wildman–Crippen LogP) is 0.403. The summed E-state index contributed by atoms with van der Waals surface area (Å²) in [5.74, 6) is -1.76. The molecular weight excluding hydrogens is 454 g/mol. The Morgan fingerprint density at radius 2 is 1.94 bits per heavy atom. The van der Waals surface area contributed by atoms with Crippen molar-refractivity contribution in [2.75, 3.05) is 38.1 Å². The number of rotatable bonds is 13. The van der Waals surface area contributed by atoms with Gasteiger partial charge in [0, 0.05) is 32.3 Å². The molecule has 11 nitrogen and oxygen atoms in total. The summed E-state index contributed by atoms with van der Waals surface area (Å²) in [5.41, 5.74) is -0.529. The second-order valence-electron chi connectivity index (χ2n) is 8.23. The first-order valence-corrected chi connectivity index (χ1v) is 11.9. The Morgan fingerprint density at radius 1 is 1.20 bits per heavy atom. The lowest BCUT2D eigenvalue weighted by molar-refractivity contribution is -0.137. The van der Waals surface area contributed by atoms with Gasteiger partial charge in [-0.2, -0.15) is 0 Å². The number of carbonyl (C=O) groups is 4. The van der Waals surface area contributed by atoms with Gasteiger partial charge in [-0.05, 0) is 57.8 Å². The maximum absolute atomic E-state index is 12.8. The predicted molar refractivity (Wildman–Crippen MR) is 131 cm³/mol. The molecule has 0 bridgehead atoms. The number of amides is 3. The third-order valence-electron chi connectivity index (χ3n) is 5.40. The fraction of sp³-hybridized carbons (Fsp3) is 0.542. The van der Waals surface area contributed by atoms with Gasteiger partial charge in [-0.3, -0.25) is 19.2 Å². The zero-order chi connectivity index (χ0) is 25.6.